The average Bonchev–Trinajstić information content (AvgIpc) is 4.02. The van der Waals surface area contributed by atoms with Gasteiger partial charge >= 0.3 is 5.97 Å². The number of cyclic esters (lactones) is 1. The molecule has 2 saturated heterocycles. The second-order valence-corrected chi connectivity index (χ2v) is 19.7. The molecule has 7 rings (SSSR count). The minimum Gasteiger partial charge on any atom is -0.508 e. The summed E-state index contributed by atoms with van der Waals surface area (Å²) in [6.45, 7) is 15.3. The van der Waals surface area contributed by atoms with Crippen LogP contribution in [0.1, 0.15) is 65.0 Å². The summed E-state index contributed by atoms with van der Waals surface area (Å²) in [5.41, 5.74) is 7.99. The zero-order chi connectivity index (χ0) is 46.2. The van der Waals surface area contributed by atoms with E-state index < -0.39 is 47.2 Å². The Balaban J connectivity index is 1.29. The van der Waals surface area contributed by atoms with E-state index in [1.807, 2.05) is 51.2 Å². The van der Waals surface area contributed by atoms with Crippen LogP contribution in [0.2, 0.25) is 0 Å². The molecule has 2 fully saturated rings. The van der Waals surface area contributed by atoms with Crippen molar-refractivity contribution in [2.75, 3.05) is 52.3 Å². The summed E-state index contributed by atoms with van der Waals surface area (Å²) in [5, 5.41) is 17.6. The third-order valence-corrected chi connectivity index (χ3v) is 13.8. The Morgan fingerprint density at radius 3 is 2.55 bits per heavy atom. The molecule has 0 spiro atoms. The maximum atomic E-state index is 14.7. The largest absolute Gasteiger partial charge is 0.508 e. The highest BCUT2D eigenvalue weighted by Crippen LogP contribution is 2.43. The predicted octanol–water partition coefficient (Wildman–Crippen LogP) is 5.39. The fourth-order valence-electron chi connectivity index (χ4n) is 9.47. The van der Waals surface area contributed by atoms with Crippen molar-refractivity contribution in [1.29, 1.82) is 0 Å². The second-order valence-electron chi connectivity index (χ2n) is 18.7. The molecule has 2 aromatic carbocycles. The quantitative estimate of drug-likeness (QED) is 0.146. The van der Waals surface area contributed by atoms with Crippen LogP contribution < -0.4 is 15.6 Å². The lowest BCUT2D eigenvalue weighted by Crippen LogP contribution is -2.62. The number of benzene rings is 2. The van der Waals surface area contributed by atoms with Crippen LogP contribution in [-0.4, -0.2) is 125 Å². The van der Waals surface area contributed by atoms with Crippen LogP contribution in [0, 0.1) is 17.3 Å². The highest BCUT2D eigenvalue weighted by Gasteiger charge is 2.40. The van der Waals surface area contributed by atoms with E-state index in [1.165, 1.54) is 16.0 Å². The predicted molar refractivity (Wildman–Crippen MR) is 248 cm³/mol. The van der Waals surface area contributed by atoms with Gasteiger partial charge in [-0.3, -0.25) is 29.0 Å². The van der Waals surface area contributed by atoms with Gasteiger partial charge in [-0.1, -0.05) is 57.7 Å². The Morgan fingerprint density at radius 1 is 1.09 bits per heavy atom. The number of likely N-dealkylation sites (tertiary alicyclic amines) is 1. The van der Waals surface area contributed by atoms with E-state index in [1.54, 1.807) is 35.4 Å². The number of aromatic nitrogens is 2. The average molecular weight is 895 g/mol. The number of ether oxygens (including phenoxy) is 1. The molecule has 342 valence electrons. The van der Waals surface area contributed by atoms with Gasteiger partial charge in [0.1, 0.15) is 23.9 Å². The van der Waals surface area contributed by atoms with E-state index in [4.69, 9.17) is 9.72 Å². The Kier molecular flexibility index (Phi) is 13.6. The Morgan fingerprint density at radius 2 is 1.86 bits per heavy atom. The number of nitrogens with zero attached hydrogens (tertiary/aromatic N) is 6. The third-order valence-electron chi connectivity index (χ3n) is 12.6. The number of amides is 4. The molecule has 3 aliphatic rings. The number of esters is 1. The highest BCUT2D eigenvalue weighted by molar-refractivity contribution is 7.18. The van der Waals surface area contributed by atoms with Gasteiger partial charge in [-0.05, 0) is 91.1 Å². The maximum absolute atomic E-state index is 14.7. The van der Waals surface area contributed by atoms with Gasteiger partial charge in [-0.15, -0.1) is 0 Å². The Labute approximate surface area is 379 Å². The number of anilines is 1. The number of aromatic hydroxyl groups is 1. The normalized spacial score (nSPS) is 20.7. The van der Waals surface area contributed by atoms with Gasteiger partial charge < -0.3 is 34.4 Å². The lowest BCUT2D eigenvalue weighted by Gasteiger charge is -2.37. The van der Waals surface area contributed by atoms with Crippen LogP contribution >= 0.6 is 11.3 Å². The van der Waals surface area contributed by atoms with Crippen molar-refractivity contribution in [3.8, 4) is 27.4 Å². The minimum absolute atomic E-state index is 0.000617. The summed E-state index contributed by atoms with van der Waals surface area (Å²) in [4.78, 5) is 79.9. The zero-order valence-electron chi connectivity index (χ0n) is 38.3. The summed E-state index contributed by atoms with van der Waals surface area (Å²) < 4.78 is 8.38. The summed E-state index contributed by atoms with van der Waals surface area (Å²) in [6.07, 6.45) is 5.16. The lowest BCUT2D eigenvalue weighted by atomic mass is 9.85. The zero-order valence-corrected chi connectivity index (χ0v) is 39.1. The number of hydrogen-bond acceptors (Lipinski definition) is 11. The summed E-state index contributed by atoms with van der Waals surface area (Å²) >= 11 is 1.62. The summed E-state index contributed by atoms with van der Waals surface area (Å²) in [6, 6.07) is 8.59. The first-order valence-corrected chi connectivity index (χ1v) is 23.1. The fraction of sp³-hybridized carbons (Fsp3) is 0.500. The van der Waals surface area contributed by atoms with E-state index in [0.29, 0.717) is 44.3 Å². The molecule has 4 amide bonds. The van der Waals surface area contributed by atoms with Gasteiger partial charge in [0.2, 0.25) is 17.7 Å². The highest BCUT2D eigenvalue weighted by atomic mass is 32.1. The Hall–Kier alpha value is -5.74. The molecule has 5 heterocycles. The maximum Gasteiger partial charge on any atom is 0.324 e. The number of rotatable bonds is 9. The standard InChI is InChI=1S/C48H62N8O7S/c1-10-40(58)54-18-16-31(26-54)44(60)53(9)41(28(3)4)43(59)50-37-21-29-19-32(22-33(57)20-29)30-14-15-38-34(23-30)35(42(55(38)11-2)39-25-49-47(64-39)52(7)8)24-48(5,6)27-63-46(62)36-13-12-17-56(51-36)45(37)61/h10,14-15,19-20,22-23,25,28,31,36-37,41,51,57H,1,11-13,16-18,21,24,26-27H2,2-9H3,(H,50,59)/t31-,36-,37-,41?/m0/s1. The molecular weight excluding hydrogens is 833 g/mol. The van der Waals surface area contributed by atoms with Crippen LogP contribution in [-0.2, 0) is 48.1 Å². The monoisotopic (exact) mass is 894 g/mol. The van der Waals surface area contributed by atoms with Gasteiger partial charge in [0.25, 0.3) is 5.91 Å². The van der Waals surface area contributed by atoms with E-state index >= 15 is 0 Å². The SMILES string of the molecule is C=CC(=O)N1CC[C@H](C(=O)N(C)C(C(=O)N[C@H]2Cc3cc(O)cc(c3)-c3ccc4c(c3)c(c(-c3cnc(N(C)C)s3)n4CC)CC(C)(C)COC(=O)[C@@H]3CCCN(N3)C2=O)C(C)C)C1. The van der Waals surface area contributed by atoms with Crippen molar-refractivity contribution in [3.63, 3.8) is 0 Å². The molecule has 1 unspecified atom stereocenters. The smallest absolute Gasteiger partial charge is 0.324 e. The minimum atomic E-state index is -1.15. The van der Waals surface area contributed by atoms with Crippen LogP contribution in [0.15, 0.2) is 55.3 Å². The van der Waals surface area contributed by atoms with Crippen LogP contribution in [0.5, 0.6) is 5.75 Å². The van der Waals surface area contributed by atoms with Crippen LogP contribution in [0.3, 0.4) is 0 Å². The first-order valence-electron chi connectivity index (χ1n) is 22.2. The first kappa shape index (κ1) is 46.3. The number of carbonyl (C=O) groups excluding carboxylic acids is 5. The van der Waals surface area contributed by atoms with Crippen molar-refractivity contribution < 1.29 is 33.8 Å². The van der Waals surface area contributed by atoms with Gasteiger partial charge in [-0.25, -0.2) is 10.4 Å². The lowest BCUT2D eigenvalue weighted by molar-refractivity contribution is -0.155. The van der Waals surface area contributed by atoms with Crippen molar-refractivity contribution in [2.24, 2.45) is 17.3 Å². The number of hydrazine groups is 1. The number of nitrogens with one attached hydrogen (secondary N) is 2. The van der Waals surface area contributed by atoms with Crippen molar-refractivity contribution in [1.82, 2.24) is 35.1 Å². The van der Waals surface area contributed by atoms with E-state index in [-0.39, 0.29) is 49.6 Å². The van der Waals surface area contributed by atoms with Crippen molar-refractivity contribution >= 4 is 57.0 Å². The molecule has 15 nitrogen and oxygen atoms in total. The number of likely N-dealkylation sites (N-methyl/N-ethyl adjacent to an activating group) is 1. The summed E-state index contributed by atoms with van der Waals surface area (Å²) in [7, 11) is 5.53. The number of phenolic OH excluding ortho intramolecular Hbond substituents is 1. The molecule has 2 aromatic heterocycles. The molecule has 4 atom stereocenters. The van der Waals surface area contributed by atoms with Gasteiger partial charge in [0, 0.05) is 76.3 Å². The molecule has 3 aliphatic heterocycles. The van der Waals surface area contributed by atoms with Gasteiger partial charge in [-0.2, -0.15) is 0 Å². The van der Waals surface area contributed by atoms with Gasteiger partial charge in [0.05, 0.1) is 23.1 Å². The third kappa shape index (κ3) is 9.53. The second kappa shape index (κ2) is 18.8. The molecule has 4 aromatic rings. The molecule has 0 saturated carbocycles. The molecule has 64 heavy (non-hydrogen) atoms. The Bertz CT molecular complexity index is 2460. The first-order chi connectivity index (χ1) is 30.4. The molecule has 6 bridgehead atoms. The van der Waals surface area contributed by atoms with Crippen LogP contribution in [0.4, 0.5) is 5.13 Å². The molecule has 0 radical (unpaired) electrons. The number of fused-ring (bicyclic) bond motifs is 6. The number of phenols is 1. The van der Waals surface area contributed by atoms with E-state index in [9.17, 15) is 29.1 Å². The topological polar surface area (TPSA) is 170 Å². The van der Waals surface area contributed by atoms with E-state index in [2.05, 4.69) is 54.8 Å². The van der Waals surface area contributed by atoms with Crippen molar-refractivity contribution in [3.05, 3.63) is 66.4 Å². The number of hydrogen-bond donors (Lipinski definition) is 3. The molecule has 16 heteroatoms. The van der Waals surface area contributed by atoms with Crippen molar-refractivity contribution in [2.45, 2.75) is 91.4 Å². The van der Waals surface area contributed by atoms with E-state index in [0.717, 1.165) is 43.3 Å². The number of aryl methyl sites for hydroxylation is 1. The molecule has 3 N–H and O–H groups in total. The van der Waals surface area contributed by atoms with Gasteiger partial charge in [0.15, 0.2) is 5.13 Å². The molecule has 0 aliphatic carbocycles. The number of carbonyl (C=O) groups is 5. The molecular formula is C48H62N8O7S. The summed E-state index contributed by atoms with van der Waals surface area (Å²) in [5.74, 6) is -2.81. The number of thiazole rings is 1. The fourth-order valence-corrected chi connectivity index (χ4v) is 10.4. The van der Waals surface area contributed by atoms with Crippen LogP contribution in [0.25, 0.3) is 32.6 Å².